The van der Waals surface area contributed by atoms with Crippen LogP contribution in [-0.2, 0) is 38.0 Å². The molecular formula is C42H70N2O22. The van der Waals surface area contributed by atoms with Crippen LogP contribution >= 0.6 is 0 Å². The molecule has 2 amide bonds. The van der Waals surface area contributed by atoms with E-state index in [1.54, 1.807) is 0 Å². The Hall–Kier alpha value is -1.86. The second kappa shape index (κ2) is 20.8. The Morgan fingerprint density at radius 3 is 1.38 bits per heavy atom. The van der Waals surface area contributed by atoms with Crippen LogP contribution in [0.15, 0.2) is 0 Å². The molecule has 8 rings (SSSR count). The Labute approximate surface area is 380 Å². The SMILES string of the molecule is O=C1CC2(CCCCC2)CN1CC1(O)OC(CO)C(O[C@@H]2O[C@H](CO)[C@H](O)[C@H](O)[C@H]2O)C1O.O=C1CC2(CCCCC2)CN1CC1(O)OCC(O)C(O[C@@H]2O[C@H](CO)[C@H](O)[C@H](O)[C@H]2O)C1O. The molecule has 66 heavy (non-hydrogen) atoms. The minimum Gasteiger partial charge on any atom is -0.394 e. The molecule has 24 nitrogen and oxygen atoms in total. The van der Waals surface area contributed by atoms with Crippen LogP contribution in [0.2, 0.25) is 0 Å². The molecule has 8 unspecified atom stereocenters. The zero-order chi connectivity index (χ0) is 47.9. The topological polar surface area (TPSA) is 379 Å². The van der Waals surface area contributed by atoms with E-state index >= 15 is 0 Å². The first kappa shape index (κ1) is 52.0. The van der Waals surface area contributed by atoms with Crippen LogP contribution in [0.5, 0.6) is 0 Å². The first-order valence-electron chi connectivity index (χ1n) is 23.1. The minimum absolute atomic E-state index is 0.127. The highest BCUT2D eigenvalue weighted by molar-refractivity contribution is 5.80. The molecule has 8 fully saturated rings. The van der Waals surface area contributed by atoms with E-state index in [9.17, 15) is 81.1 Å². The smallest absolute Gasteiger partial charge is 0.223 e. The summed E-state index contributed by atoms with van der Waals surface area (Å²) in [5.74, 6) is -4.76. The first-order valence-corrected chi connectivity index (χ1v) is 23.1. The molecule has 6 heterocycles. The fourth-order valence-electron chi connectivity index (χ4n) is 11.2. The van der Waals surface area contributed by atoms with Crippen molar-refractivity contribution in [1.82, 2.24) is 9.80 Å². The average molecular weight is 955 g/mol. The second-order valence-electron chi connectivity index (χ2n) is 19.9. The summed E-state index contributed by atoms with van der Waals surface area (Å²) in [5, 5.41) is 143. The lowest BCUT2D eigenvalue weighted by Gasteiger charge is -2.47. The van der Waals surface area contributed by atoms with Gasteiger partial charge in [0, 0.05) is 25.9 Å². The number of aliphatic hydroxyl groups is 14. The third-order valence-electron chi connectivity index (χ3n) is 15.1. The number of nitrogens with zero attached hydrogens (tertiary/aromatic N) is 2. The molecule has 0 aromatic rings. The van der Waals surface area contributed by atoms with Crippen LogP contribution in [0.25, 0.3) is 0 Å². The number of aliphatic hydroxyl groups excluding tert-OH is 12. The van der Waals surface area contributed by atoms with Crippen molar-refractivity contribution in [3.8, 4) is 0 Å². The predicted molar refractivity (Wildman–Crippen MR) is 217 cm³/mol. The van der Waals surface area contributed by atoms with Gasteiger partial charge in [0.25, 0.3) is 0 Å². The van der Waals surface area contributed by atoms with Crippen LogP contribution in [0.3, 0.4) is 0 Å². The second-order valence-corrected chi connectivity index (χ2v) is 19.9. The van der Waals surface area contributed by atoms with Crippen LogP contribution in [0.4, 0.5) is 0 Å². The van der Waals surface area contributed by atoms with Gasteiger partial charge in [-0.3, -0.25) is 9.59 Å². The van der Waals surface area contributed by atoms with Gasteiger partial charge in [-0.05, 0) is 36.5 Å². The van der Waals surface area contributed by atoms with Gasteiger partial charge in [0.1, 0.15) is 85.5 Å². The molecule has 18 atom stereocenters. The summed E-state index contributed by atoms with van der Waals surface area (Å²) in [6.07, 6.45) is -13.9. The van der Waals surface area contributed by atoms with Crippen LogP contribution in [0.1, 0.15) is 77.0 Å². The lowest BCUT2D eigenvalue weighted by Crippen LogP contribution is -2.67. The number of likely N-dealkylation sites (tertiary alicyclic amines) is 2. The lowest BCUT2D eigenvalue weighted by atomic mass is 9.73. The molecule has 2 aliphatic carbocycles. The summed E-state index contributed by atoms with van der Waals surface area (Å²) >= 11 is 0. The van der Waals surface area contributed by atoms with Gasteiger partial charge in [-0.1, -0.05) is 38.5 Å². The standard InChI is InChI=1S/2C21H35NO11/c23-7-12-14(26)15(27)16(28)19(32-12)33-17-11(24)8-31-21(30,18(17)29)10-22-9-20(6-13(22)25)4-2-1-3-5-20;23-7-11-14(26)15(27)16(28)19(31-11)32-17-12(8-24)33-21(30,18(17)29)10-22-9-20(6-13(22)25)4-2-1-3-5-20/h2*11-12,14-19,23-24,26-30H,1-10H2/t11?,12-,14+,15+,16-,17?,18?,19+,21?;11-,12?,14+,15+,16-,17?,18?,19+,21?/m11/s1. The third-order valence-corrected chi connectivity index (χ3v) is 15.1. The number of ether oxygens (including phenoxy) is 6. The molecular weight excluding hydrogens is 884 g/mol. The molecule has 8 aliphatic rings. The molecule has 380 valence electrons. The van der Waals surface area contributed by atoms with E-state index in [1.807, 2.05) is 0 Å². The summed E-state index contributed by atoms with van der Waals surface area (Å²) in [7, 11) is 0. The lowest BCUT2D eigenvalue weighted by molar-refractivity contribution is -0.369. The maximum atomic E-state index is 12.7. The Balaban J connectivity index is 0.000000196. The van der Waals surface area contributed by atoms with E-state index in [1.165, 1.54) is 9.80 Å². The molecule has 0 radical (unpaired) electrons. The van der Waals surface area contributed by atoms with Crippen LogP contribution in [0, 0.1) is 10.8 Å². The Bertz CT molecular complexity index is 1550. The molecule has 6 saturated heterocycles. The summed E-state index contributed by atoms with van der Waals surface area (Å²) in [6.45, 7) is -2.16. The zero-order valence-corrected chi connectivity index (χ0v) is 36.8. The Morgan fingerprint density at radius 2 is 0.939 bits per heavy atom. The number of β-amino-alcohol motifs (C(OH)–C–C–N with tert-alkyl or cyclic N) is 2. The predicted octanol–water partition coefficient (Wildman–Crippen LogP) is -6.41. The number of amides is 2. The number of carbonyl (C=O) groups excluding carboxylic acids is 2. The van der Waals surface area contributed by atoms with Crippen molar-refractivity contribution in [3.63, 3.8) is 0 Å². The van der Waals surface area contributed by atoms with Gasteiger partial charge >= 0.3 is 0 Å². The van der Waals surface area contributed by atoms with Gasteiger partial charge in [-0.2, -0.15) is 0 Å². The quantitative estimate of drug-likeness (QED) is 0.0916. The van der Waals surface area contributed by atoms with Crippen molar-refractivity contribution < 1.29 is 110 Å². The van der Waals surface area contributed by atoms with E-state index in [0.717, 1.165) is 64.2 Å². The summed E-state index contributed by atoms with van der Waals surface area (Å²) < 4.78 is 32.6. The van der Waals surface area contributed by atoms with E-state index in [4.69, 9.17) is 28.4 Å². The monoisotopic (exact) mass is 954 g/mol. The van der Waals surface area contributed by atoms with Gasteiger partial charge < -0.3 is 110 Å². The van der Waals surface area contributed by atoms with Gasteiger partial charge in [-0.15, -0.1) is 0 Å². The molecule has 0 bridgehead atoms. The zero-order valence-electron chi connectivity index (χ0n) is 36.8. The van der Waals surface area contributed by atoms with E-state index in [0.29, 0.717) is 25.9 Å². The first-order chi connectivity index (χ1) is 31.2. The van der Waals surface area contributed by atoms with Gasteiger partial charge in [0.2, 0.25) is 23.4 Å². The van der Waals surface area contributed by atoms with E-state index < -0.39 is 136 Å². The van der Waals surface area contributed by atoms with Crippen LogP contribution < -0.4 is 0 Å². The van der Waals surface area contributed by atoms with E-state index in [-0.39, 0.29) is 35.7 Å². The summed E-state index contributed by atoms with van der Waals surface area (Å²) in [5.41, 5.74) is -0.255. The van der Waals surface area contributed by atoms with Crippen molar-refractivity contribution in [2.75, 3.05) is 52.6 Å². The minimum atomic E-state index is -2.24. The number of hydrogen-bond acceptors (Lipinski definition) is 22. The molecule has 0 aromatic carbocycles. The maximum absolute atomic E-state index is 12.7. The van der Waals surface area contributed by atoms with Crippen LogP contribution in [-0.4, -0.2) is 255 Å². The van der Waals surface area contributed by atoms with Crippen molar-refractivity contribution in [2.24, 2.45) is 10.8 Å². The van der Waals surface area contributed by atoms with Gasteiger partial charge in [0.05, 0.1) is 39.5 Å². The van der Waals surface area contributed by atoms with Gasteiger partial charge in [0.15, 0.2) is 12.6 Å². The highest BCUT2D eigenvalue weighted by Crippen LogP contribution is 2.47. The van der Waals surface area contributed by atoms with Crippen molar-refractivity contribution in [3.05, 3.63) is 0 Å². The Morgan fingerprint density at radius 1 is 0.530 bits per heavy atom. The van der Waals surface area contributed by atoms with E-state index in [2.05, 4.69) is 0 Å². The molecule has 2 saturated carbocycles. The normalized spacial score (nSPS) is 46.0. The van der Waals surface area contributed by atoms with Crippen molar-refractivity contribution in [1.29, 1.82) is 0 Å². The Kier molecular flexibility index (Phi) is 16.4. The number of rotatable bonds is 11. The molecule has 0 aromatic heterocycles. The van der Waals surface area contributed by atoms with Crippen molar-refractivity contribution >= 4 is 11.8 Å². The maximum Gasteiger partial charge on any atom is 0.223 e. The number of carbonyl (C=O) groups is 2. The fourth-order valence-corrected chi connectivity index (χ4v) is 11.2. The molecule has 6 aliphatic heterocycles. The van der Waals surface area contributed by atoms with Crippen molar-refractivity contribution in [2.45, 2.75) is 187 Å². The fraction of sp³-hybridized carbons (Fsp3) is 0.952. The molecule has 14 N–H and O–H groups in total. The number of hydrogen-bond donors (Lipinski definition) is 14. The molecule has 2 spiro atoms. The largest absolute Gasteiger partial charge is 0.394 e. The average Bonchev–Trinajstić information content (AvgIpc) is 3.85. The molecule has 24 heteroatoms. The summed E-state index contributed by atoms with van der Waals surface area (Å²) in [4.78, 5) is 28.3. The summed E-state index contributed by atoms with van der Waals surface area (Å²) in [6, 6.07) is 0. The third kappa shape index (κ3) is 10.4. The highest BCUT2D eigenvalue weighted by atomic mass is 16.7. The highest BCUT2D eigenvalue weighted by Gasteiger charge is 2.60. The van der Waals surface area contributed by atoms with Gasteiger partial charge in [-0.25, -0.2) is 0 Å².